The number of nitrogens with zero attached hydrogens (tertiary/aromatic N) is 3. The number of ether oxygens (including phenoxy) is 1. The maximum absolute atomic E-state index is 13.3. The highest BCUT2D eigenvalue weighted by atomic mass is 79.9. The molecule has 3 aromatic rings. The van der Waals surface area contributed by atoms with E-state index in [-0.39, 0.29) is 4.90 Å². The SMILES string of the molecule is COc1cccc(N(CC(=O)N/N=C\c2ccc(N(C)C)c(Br)c2)S(=O)(=O)c2ccccc2)c1. The number of anilines is 2. The van der Waals surface area contributed by atoms with Crippen molar-refractivity contribution in [2.75, 3.05) is 37.0 Å². The van der Waals surface area contributed by atoms with Crippen LogP contribution in [0.4, 0.5) is 11.4 Å². The molecule has 10 heteroatoms. The zero-order valence-corrected chi connectivity index (χ0v) is 21.4. The molecule has 0 unspecified atom stereocenters. The summed E-state index contributed by atoms with van der Waals surface area (Å²) in [6.07, 6.45) is 1.49. The van der Waals surface area contributed by atoms with Crippen LogP contribution in [0, 0.1) is 0 Å². The van der Waals surface area contributed by atoms with Gasteiger partial charge < -0.3 is 9.64 Å². The molecule has 178 valence electrons. The minimum atomic E-state index is -4.02. The summed E-state index contributed by atoms with van der Waals surface area (Å²) in [6, 6.07) is 20.1. The van der Waals surface area contributed by atoms with Gasteiger partial charge >= 0.3 is 0 Å². The molecule has 34 heavy (non-hydrogen) atoms. The van der Waals surface area contributed by atoms with Crippen molar-refractivity contribution >= 4 is 49.4 Å². The first-order chi connectivity index (χ1) is 16.2. The Bertz CT molecular complexity index is 1280. The fourth-order valence-electron chi connectivity index (χ4n) is 3.11. The van der Waals surface area contributed by atoms with Crippen LogP contribution in [0.1, 0.15) is 5.56 Å². The first kappa shape index (κ1) is 25.3. The summed E-state index contributed by atoms with van der Waals surface area (Å²) in [5, 5.41) is 3.99. The highest BCUT2D eigenvalue weighted by Gasteiger charge is 2.27. The van der Waals surface area contributed by atoms with Crippen molar-refractivity contribution in [3.8, 4) is 5.75 Å². The number of halogens is 1. The molecule has 3 aromatic carbocycles. The first-order valence-corrected chi connectivity index (χ1v) is 12.5. The average molecular weight is 545 g/mol. The van der Waals surface area contributed by atoms with Crippen molar-refractivity contribution in [3.63, 3.8) is 0 Å². The summed E-state index contributed by atoms with van der Waals surface area (Å²) in [7, 11) is 1.34. The highest BCUT2D eigenvalue weighted by molar-refractivity contribution is 9.10. The lowest BCUT2D eigenvalue weighted by atomic mass is 10.2. The van der Waals surface area contributed by atoms with Gasteiger partial charge in [-0.05, 0) is 57.9 Å². The number of benzene rings is 3. The van der Waals surface area contributed by atoms with Crippen LogP contribution in [0.5, 0.6) is 5.75 Å². The number of rotatable bonds is 9. The summed E-state index contributed by atoms with van der Waals surface area (Å²) in [4.78, 5) is 14.7. The maximum Gasteiger partial charge on any atom is 0.264 e. The Morgan fingerprint density at radius 1 is 1.06 bits per heavy atom. The lowest BCUT2D eigenvalue weighted by Gasteiger charge is -2.24. The zero-order chi connectivity index (χ0) is 24.7. The number of methoxy groups -OCH3 is 1. The van der Waals surface area contributed by atoms with Gasteiger partial charge in [-0.25, -0.2) is 13.8 Å². The Hall–Kier alpha value is -3.37. The Kier molecular flexibility index (Phi) is 8.30. The molecule has 0 fully saturated rings. The third-order valence-corrected chi connectivity index (χ3v) is 7.24. The fourth-order valence-corrected chi connectivity index (χ4v) is 5.30. The number of sulfonamides is 1. The topological polar surface area (TPSA) is 91.3 Å². The van der Waals surface area contributed by atoms with Crippen molar-refractivity contribution in [1.29, 1.82) is 0 Å². The van der Waals surface area contributed by atoms with Crippen molar-refractivity contribution in [3.05, 3.63) is 82.8 Å². The van der Waals surface area contributed by atoms with Crippen molar-refractivity contribution in [2.24, 2.45) is 5.10 Å². The first-order valence-electron chi connectivity index (χ1n) is 10.2. The van der Waals surface area contributed by atoms with E-state index in [1.54, 1.807) is 42.5 Å². The van der Waals surface area contributed by atoms with Gasteiger partial charge in [0.15, 0.2) is 0 Å². The van der Waals surface area contributed by atoms with Crippen LogP contribution in [-0.4, -0.2) is 48.3 Å². The molecule has 0 aliphatic rings. The number of nitrogens with one attached hydrogen (secondary N) is 1. The third kappa shape index (κ3) is 6.15. The van der Waals surface area contributed by atoms with Crippen LogP contribution in [0.15, 0.2) is 87.3 Å². The normalized spacial score (nSPS) is 11.3. The number of amides is 1. The Morgan fingerprint density at radius 2 is 1.79 bits per heavy atom. The van der Waals surface area contributed by atoms with Gasteiger partial charge in [0.25, 0.3) is 15.9 Å². The van der Waals surface area contributed by atoms with E-state index in [0.29, 0.717) is 11.4 Å². The van der Waals surface area contributed by atoms with Gasteiger partial charge in [0.05, 0.1) is 29.6 Å². The van der Waals surface area contributed by atoms with E-state index in [2.05, 4.69) is 26.5 Å². The minimum Gasteiger partial charge on any atom is -0.497 e. The van der Waals surface area contributed by atoms with E-state index in [0.717, 1.165) is 20.0 Å². The van der Waals surface area contributed by atoms with Gasteiger partial charge in [-0.3, -0.25) is 9.10 Å². The van der Waals surface area contributed by atoms with Gasteiger partial charge in [0, 0.05) is 24.6 Å². The zero-order valence-electron chi connectivity index (χ0n) is 19.0. The Balaban J connectivity index is 1.81. The summed E-state index contributed by atoms with van der Waals surface area (Å²) in [6.45, 7) is -0.467. The smallest absolute Gasteiger partial charge is 0.264 e. The molecule has 0 atom stereocenters. The molecule has 0 saturated carbocycles. The number of carbonyl (C=O) groups excluding carboxylic acids is 1. The summed E-state index contributed by atoms with van der Waals surface area (Å²) < 4.78 is 33.8. The molecule has 0 aliphatic heterocycles. The van der Waals surface area contributed by atoms with Crippen molar-refractivity contribution < 1.29 is 17.9 Å². The minimum absolute atomic E-state index is 0.0694. The average Bonchev–Trinajstić information content (AvgIpc) is 2.83. The molecule has 0 radical (unpaired) electrons. The van der Waals surface area contributed by atoms with E-state index in [4.69, 9.17) is 4.74 Å². The van der Waals surface area contributed by atoms with Gasteiger partial charge in [0.1, 0.15) is 12.3 Å². The monoisotopic (exact) mass is 544 g/mol. The largest absolute Gasteiger partial charge is 0.497 e. The molecule has 1 N–H and O–H groups in total. The van der Waals surface area contributed by atoms with E-state index in [1.807, 2.05) is 37.2 Å². The molecular weight excluding hydrogens is 520 g/mol. The molecule has 0 saturated heterocycles. The van der Waals surface area contributed by atoms with Crippen LogP contribution < -0.4 is 19.4 Å². The van der Waals surface area contributed by atoms with Crippen molar-refractivity contribution in [2.45, 2.75) is 4.90 Å². The molecule has 0 aliphatic carbocycles. The van der Waals surface area contributed by atoms with Crippen LogP contribution in [-0.2, 0) is 14.8 Å². The number of hydrazone groups is 1. The van der Waals surface area contributed by atoms with Crippen LogP contribution in [0.2, 0.25) is 0 Å². The molecule has 0 spiro atoms. The predicted molar refractivity (Wildman–Crippen MR) is 138 cm³/mol. The maximum atomic E-state index is 13.3. The molecular formula is C24H25BrN4O4S. The van der Waals surface area contributed by atoms with E-state index in [9.17, 15) is 13.2 Å². The van der Waals surface area contributed by atoms with Gasteiger partial charge in [-0.15, -0.1) is 0 Å². The molecule has 3 rings (SSSR count). The summed E-state index contributed by atoms with van der Waals surface area (Å²) in [5.74, 6) is -0.126. The lowest BCUT2D eigenvalue weighted by Crippen LogP contribution is -2.39. The second-order valence-corrected chi connectivity index (χ2v) is 10.1. The van der Waals surface area contributed by atoms with Gasteiger partial charge in [0.2, 0.25) is 0 Å². The lowest BCUT2D eigenvalue weighted by molar-refractivity contribution is -0.119. The van der Waals surface area contributed by atoms with Crippen LogP contribution in [0.25, 0.3) is 0 Å². The van der Waals surface area contributed by atoms with E-state index < -0.39 is 22.5 Å². The van der Waals surface area contributed by atoms with Crippen LogP contribution >= 0.6 is 15.9 Å². The second-order valence-electron chi connectivity index (χ2n) is 7.42. The number of hydrogen-bond donors (Lipinski definition) is 1. The van der Waals surface area contributed by atoms with Gasteiger partial charge in [-0.1, -0.05) is 30.3 Å². The third-order valence-electron chi connectivity index (χ3n) is 4.82. The quantitative estimate of drug-likeness (QED) is 0.326. The van der Waals surface area contributed by atoms with E-state index >= 15 is 0 Å². The Labute approximate surface area is 208 Å². The molecule has 0 heterocycles. The Morgan fingerprint density at radius 3 is 2.44 bits per heavy atom. The molecule has 8 nitrogen and oxygen atoms in total. The standard InChI is InChI=1S/C24H25BrN4O4S/c1-28(2)23-13-12-18(14-22(23)25)16-26-27-24(30)17-29(19-8-7-9-20(15-19)33-3)34(31,32)21-10-5-4-6-11-21/h4-16H,17H2,1-3H3,(H,27,30)/b26-16-. The molecule has 0 bridgehead atoms. The number of carbonyl (C=O) groups is 1. The molecule has 1 amide bonds. The van der Waals surface area contributed by atoms with Gasteiger partial charge in [-0.2, -0.15) is 5.10 Å². The van der Waals surface area contributed by atoms with Crippen LogP contribution in [0.3, 0.4) is 0 Å². The van der Waals surface area contributed by atoms with E-state index in [1.165, 1.54) is 25.5 Å². The molecule has 0 aromatic heterocycles. The predicted octanol–water partition coefficient (Wildman–Crippen LogP) is 3.87. The fraction of sp³-hybridized carbons (Fsp3) is 0.167. The van der Waals surface area contributed by atoms with Crippen molar-refractivity contribution in [1.82, 2.24) is 5.43 Å². The number of hydrogen-bond acceptors (Lipinski definition) is 6. The summed E-state index contributed by atoms with van der Waals surface area (Å²) >= 11 is 3.51. The second kappa shape index (κ2) is 11.2. The summed E-state index contributed by atoms with van der Waals surface area (Å²) in [5.41, 5.74) is 4.47. The highest BCUT2D eigenvalue weighted by Crippen LogP contribution is 2.27.